The van der Waals surface area contributed by atoms with Gasteiger partial charge in [-0.3, -0.25) is 9.97 Å². The maximum Gasteiger partial charge on any atom is 0.160 e. The molecular weight excluding hydrogens is 695 g/mol. The van der Waals surface area contributed by atoms with E-state index in [1.165, 1.54) is 11.1 Å². The molecule has 0 aliphatic carbocycles. The lowest BCUT2D eigenvalue weighted by Gasteiger charge is -2.13. The van der Waals surface area contributed by atoms with Crippen LogP contribution >= 0.6 is 0 Å². The van der Waals surface area contributed by atoms with Crippen molar-refractivity contribution >= 4 is 21.8 Å². The average Bonchev–Trinajstić information content (AvgIpc) is 3.29. The van der Waals surface area contributed by atoms with Gasteiger partial charge in [0.25, 0.3) is 0 Å². The SMILES string of the molecule is Cc1cc(-c2cccc(-c3ccc(-c4nc(-c5ccccc5)cc(-c5ccc(-c6ccccc6)cc5)n4)cc3)c2)c2ccc3ccc(-c4ccccn4)nc3c2n1. The van der Waals surface area contributed by atoms with Gasteiger partial charge in [0.05, 0.1) is 33.8 Å². The van der Waals surface area contributed by atoms with Crippen molar-refractivity contribution in [2.24, 2.45) is 0 Å². The first-order valence-corrected chi connectivity index (χ1v) is 19.1. The van der Waals surface area contributed by atoms with E-state index in [9.17, 15) is 0 Å². The van der Waals surface area contributed by atoms with E-state index in [4.69, 9.17) is 19.9 Å². The van der Waals surface area contributed by atoms with Gasteiger partial charge in [-0.2, -0.15) is 0 Å². The smallest absolute Gasteiger partial charge is 0.160 e. The molecule has 10 rings (SSSR count). The molecule has 0 aliphatic rings. The number of aromatic nitrogens is 5. The zero-order valence-electron chi connectivity index (χ0n) is 31.2. The summed E-state index contributed by atoms with van der Waals surface area (Å²) in [6.07, 6.45) is 1.80. The van der Waals surface area contributed by atoms with E-state index in [0.29, 0.717) is 5.82 Å². The van der Waals surface area contributed by atoms with Gasteiger partial charge in [-0.15, -0.1) is 0 Å². The van der Waals surface area contributed by atoms with Crippen molar-refractivity contribution in [1.29, 1.82) is 0 Å². The van der Waals surface area contributed by atoms with E-state index >= 15 is 0 Å². The third kappa shape index (κ3) is 6.72. The van der Waals surface area contributed by atoms with Crippen LogP contribution in [0.5, 0.6) is 0 Å². The number of rotatable bonds is 7. The summed E-state index contributed by atoms with van der Waals surface area (Å²) in [7, 11) is 0. The van der Waals surface area contributed by atoms with Crippen molar-refractivity contribution in [1.82, 2.24) is 24.9 Å². The van der Waals surface area contributed by atoms with Crippen molar-refractivity contribution in [2.45, 2.75) is 6.92 Å². The molecule has 5 nitrogen and oxygen atoms in total. The van der Waals surface area contributed by atoms with Gasteiger partial charge in [0.1, 0.15) is 0 Å². The van der Waals surface area contributed by atoms with E-state index in [-0.39, 0.29) is 0 Å². The summed E-state index contributed by atoms with van der Waals surface area (Å²) < 4.78 is 0. The Balaban J connectivity index is 1.00. The molecule has 0 atom stereocenters. The highest BCUT2D eigenvalue weighted by Crippen LogP contribution is 2.36. The summed E-state index contributed by atoms with van der Waals surface area (Å²) >= 11 is 0. The summed E-state index contributed by atoms with van der Waals surface area (Å²) in [4.78, 5) is 24.8. The van der Waals surface area contributed by atoms with Crippen molar-refractivity contribution in [2.75, 3.05) is 0 Å². The second-order valence-corrected chi connectivity index (χ2v) is 14.2. The molecule has 4 aromatic heterocycles. The summed E-state index contributed by atoms with van der Waals surface area (Å²) in [5.41, 5.74) is 16.0. The normalized spacial score (nSPS) is 11.2. The molecule has 0 saturated heterocycles. The molecule has 6 aromatic carbocycles. The highest BCUT2D eigenvalue weighted by Gasteiger charge is 2.15. The highest BCUT2D eigenvalue weighted by atomic mass is 14.9. The van der Waals surface area contributed by atoms with Crippen LogP contribution in [0.2, 0.25) is 0 Å². The molecule has 0 bridgehead atoms. The average molecular weight is 730 g/mol. The number of hydrogen-bond acceptors (Lipinski definition) is 5. The van der Waals surface area contributed by atoms with Crippen molar-refractivity contribution < 1.29 is 0 Å². The predicted molar refractivity (Wildman–Crippen MR) is 233 cm³/mol. The van der Waals surface area contributed by atoms with E-state index in [0.717, 1.165) is 89.2 Å². The molecule has 0 aliphatic heterocycles. The second kappa shape index (κ2) is 14.5. The molecule has 268 valence electrons. The fourth-order valence-electron chi connectivity index (χ4n) is 7.52. The first kappa shape index (κ1) is 33.9. The summed E-state index contributed by atoms with van der Waals surface area (Å²) in [5.74, 6) is 0.685. The maximum absolute atomic E-state index is 5.11. The van der Waals surface area contributed by atoms with Crippen LogP contribution in [0.4, 0.5) is 0 Å². The number of fused-ring (bicyclic) bond motifs is 3. The summed E-state index contributed by atoms with van der Waals surface area (Å²) in [5, 5.41) is 2.11. The topological polar surface area (TPSA) is 64.5 Å². The van der Waals surface area contributed by atoms with Gasteiger partial charge in [-0.25, -0.2) is 15.0 Å². The fourth-order valence-corrected chi connectivity index (χ4v) is 7.52. The van der Waals surface area contributed by atoms with E-state index in [1.54, 1.807) is 6.20 Å². The molecule has 0 amide bonds. The number of benzene rings is 6. The van der Waals surface area contributed by atoms with Gasteiger partial charge in [0, 0.05) is 39.4 Å². The largest absolute Gasteiger partial charge is 0.255 e. The van der Waals surface area contributed by atoms with Gasteiger partial charge in [0.15, 0.2) is 5.82 Å². The minimum atomic E-state index is 0.685. The van der Waals surface area contributed by atoms with Crippen molar-refractivity contribution in [3.8, 4) is 78.7 Å². The van der Waals surface area contributed by atoms with E-state index in [1.807, 2.05) is 55.5 Å². The first-order chi connectivity index (χ1) is 28.1. The Labute approximate surface area is 331 Å². The lowest BCUT2D eigenvalue weighted by molar-refractivity contribution is 1.18. The maximum atomic E-state index is 5.11. The minimum Gasteiger partial charge on any atom is -0.255 e. The van der Waals surface area contributed by atoms with Gasteiger partial charge in [0.2, 0.25) is 0 Å². The quantitative estimate of drug-likeness (QED) is 0.153. The van der Waals surface area contributed by atoms with Crippen molar-refractivity contribution in [3.05, 3.63) is 200 Å². The molecule has 0 radical (unpaired) electrons. The molecule has 57 heavy (non-hydrogen) atoms. The molecule has 0 unspecified atom stereocenters. The summed E-state index contributed by atoms with van der Waals surface area (Å²) in [6.45, 7) is 2.05. The minimum absolute atomic E-state index is 0.685. The van der Waals surface area contributed by atoms with Crippen LogP contribution in [0.3, 0.4) is 0 Å². The van der Waals surface area contributed by atoms with Crippen LogP contribution in [0, 0.1) is 6.92 Å². The molecule has 0 fully saturated rings. The lowest BCUT2D eigenvalue weighted by Crippen LogP contribution is -1.96. The Hall–Kier alpha value is -7.63. The molecule has 5 heteroatoms. The Kier molecular flexibility index (Phi) is 8.65. The fraction of sp³-hybridized carbons (Fsp3) is 0.0192. The van der Waals surface area contributed by atoms with Gasteiger partial charge >= 0.3 is 0 Å². The number of hydrogen-bond donors (Lipinski definition) is 0. The van der Waals surface area contributed by atoms with E-state index in [2.05, 4.69) is 145 Å². The van der Waals surface area contributed by atoms with Gasteiger partial charge in [-0.1, -0.05) is 152 Å². The van der Waals surface area contributed by atoms with Crippen LogP contribution in [0.15, 0.2) is 194 Å². The van der Waals surface area contributed by atoms with Crippen LogP contribution in [0.25, 0.3) is 100 Å². The Morgan fingerprint density at radius 2 is 0.912 bits per heavy atom. The standard InChI is InChI=1S/C52H35N5/c1-34-31-45(44-28-26-40-27-29-47(46-17-8-9-30-53-46)55-50(40)51(44)54-34)43-16-10-15-42(32-43)37-20-24-41(25-21-37)52-56-48(38-13-6-3-7-14-38)33-49(57-52)39-22-18-36(19-23-39)35-11-4-2-5-12-35/h2-33H,1H3. The molecule has 0 N–H and O–H groups in total. The third-order valence-electron chi connectivity index (χ3n) is 10.4. The van der Waals surface area contributed by atoms with Crippen LogP contribution < -0.4 is 0 Å². The molecule has 4 heterocycles. The number of aryl methyl sites for hydroxylation is 1. The van der Waals surface area contributed by atoms with Crippen molar-refractivity contribution in [3.63, 3.8) is 0 Å². The monoisotopic (exact) mass is 729 g/mol. The number of pyridine rings is 3. The second-order valence-electron chi connectivity index (χ2n) is 14.2. The Morgan fingerprint density at radius 3 is 1.63 bits per heavy atom. The van der Waals surface area contributed by atoms with Crippen LogP contribution in [-0.4, -0.2) is 24.9 Å². The third-order valence-corrected chi connectivity index (χ3v) is 10.4. The number of nitrogens with zero attached hydrogens (tertiary/aromatic N) is 5. The molecule has 0 saturated carbocycles. The Morgan fingerprint density at radius 1 is 0.333 bits per heavy atom. The Bertz CT molecular complexity index is 3040. The van der Waals surface area contributed by atoms with Gasteiger partial charge < -0.3 is 0 Å². The molecule has 10 aromatic rings. The first-order valence-electron chi connectivity index (χ1n) is 19.1. The van der Waals surface area contributed by atoms with Crippen LogP contribution in [-0.2, 0) is 0 Å². The van der Waals surface area contributed by atoms with Gasteiger partial charge in [-0.05, 0) is 76.7 Å². The van der Waals surface area contributed by atoms with E-state index < -0.39 is 0 Å². The lowest BCUT2D eigenvalue weighted by atomic mass is 9.95. The molecule has 0 spiro atoms. The zero-order valence-corrected chi connectivity index (χ0v) is 31.2. The predicted octanol–water partition coefficient (Wildman–Crippen LogP) is 12.9. The zero-order chi connectivity index (χ0) is 38.1. The highest BCUT2D eigenvalue weighted by molar-refractivity contribution is 6.09. The molecular formula is C52H35N5. The van der Waals surface area contributed by atoms with Crippen LogP contribution in [0.1, 0.15) is 5.69 Å². The summed E-state index contributed by atoms with van der Waals surface area (Å²) in [6, 6.07) is 65.2.